The summed E-state index contributed by atoms with van der Waals surface area (Å²) in [5.41, 5.74) is -0.918. The number of carboxylic acids is 2. The van der Waals surface area contributed by atoms with Gasteiger partial charge in [0.1, 0.15) is 0 Å². The maximum absolute atomic E-state index is 10.9. The van der Waals surface area contributed by atoms with Crippen molar-refractivity contribution in [2.75, 3.05) is 0 Å². The molecule has 2 unspecified atom stereocenters. The number of carboxylic acid groups (broad SMARTS) is 2. The normalized spacial score (nSPS) is 17.1. The van der Waals surface area contributed by atoms with E-state index < -0.39 is 23.3 Å². The Morgan fingerprint density at radius 2 is 1.79 bits per heavy atom. The zero-order valence-electron chi connectivity index (χ0n) is 8.91. The number of rotatable bonds is 6. The molecule has 0 saturated heterocycles. The van der Waals surface area contributed by atoms with Crippen LogP contribution in [0.5, 0.6) is 0 Å². The van der Waals surface area contributed by atoms with Crippen molar-refractivity contribution in [2.24, 2.45) is 11.3 Å². The molecule has 0 fully saturated rings. The largest absolute Gasteiger partial charge is 0.481 e. The molecule has 0 heterocycles. The van der Waals surface area contributed by atoms with Crippen LogP contribution in [0.25, 0.3) is 0 Å². The summed E-state index contributed by atoms with van der Waals surface area (Å²) in [5.74, 6) is -2.39. The van der Waals surface area contributed by atoms with E-state index in [4.69, 9.17) is 10.2 Å². The molecule has 0 aromatic heterocycles. The third-order valence-corrected chi connectivity index (χ3v) is 2.84. The first-order valence-corrected chi connectivity index (χ1v) is 4.83. The van der Waals surface area contributed by atoms with E-state index in [1.54, 1.807) is 20.8 Å². The van der Waals surface area contributed by atoms with Crippen LogP contribution >= 0.6 is 0 Å². The number of hydrogen-bond acceptors (Lipinski definition) is 2. The van der Waals surface area contributed by atoms with Crippen molar-refractivity contribution < 1.29 is 19.8 Å². The lowest BCUT2D eigenvalue weighted by molar-refractivity contribution is -0.151. The molecule has 0 rings (SSSR count). The van der Waals surface area contributed by atoms with E-state index in [1.165, 1.54) is 0 Å². The van der Waals surface area contributed by atoms with Crippen molar-refractivity contribution in [1.29, 1.82) is 0 Å². The Morgan fingerprint density at radius 3 is 2.00 bits per heavy atom. The molecule has 14 heavy (non-hydrogen) atoms. The van der Waals surface area contributed by atoms with Crippen LogP contribution in [0, 0.1) is 11.3 Å². The summed E-state index contributed by atoms with van der Waals surface area (Å²) in [6, 6.07) is 0. The van der Waals surface area contributed by atoms with Gasteiger partial charge < -0.3 is 10.2 Å². The molecule has 0 aromatic rings. The van der Waals surface area contributed by atoms with Crippen LogP contribution in [-0.2, 0) is 9.59 Å². The summed E-state index contributed by atoms with van der Waals surface area (Å²) in [7, 11) is 0. The van der Waals surface area contributed by atoms with Crippen LogP contribution in [0.1, 0.15) is 40.0 Å². The Labute approximate surface area is 83.9 Å². The van der Waals surface area contributed by atoms with Gasteiger partial charge in [0.05, 0.1) is 11.3 Å². The molecule has 4 heteroatoms. The average Bonchev–Trinajstić information content (AvgIpc) is 2.12. The molecule has 0 aliphatic rings. The zero-order chi connectivity index (χ0) is 11.4. The first kappa shape index (κ1) is 12.9. The number of aliphatic carboxylic acids is 2. The van der Waals surface area contributed by atoms with Gasteiger partial charge >= 0.3 is 11.9 Å². The van der Waals surface area contributed by atoms with Crippen molar-refractivity contribution in [3.63, 3.8) is 0 Å². The topological polar surface area (TPSA) is 74.6 Å². The Kier molecular flexibility index (Phi) is 4.60. The van der Waals surface area contributed by atoms with Gasteiger partial charge in [0.15, 0.2) is 0 Å². The Balaban J connectivity index is 4.58. The monoisotopic (exact) mass is 202 g/mol. The summed E-state index contributed by atoms with van der Waals surface area (Å²) in [6.07, 6.45) is 1.12. The minimum absolute atomic E-state index is 0.199. The molecule has 0 saturated carbocycles. The number of carbonyl (C=O) groups is 2. The van der Waals surface area contributed by atoms with E-state index in [1.807, 2.05) is 0 Å². The molecular formula is C10H18O4. The highest BCUT2D eigenvalue weighted by atomic mass is 16.4. The molecular weight excluding hydrogens is 184 g/mol. The molecule has 0 aromatic carbocycles. The fourth-order valence-electron chi connectivity index (χ4n) is 1.33. The lowest BCUT2D eigenvalue weighted by Crippen LogP contribution is -2.31. The van der Waals surface area contributed by atoms with Crippen molar-refractivity contribution in [3.8, 4) is 0 Å². The lowest BCUT2D eigenvalue weighted by atomic mass is 9.78. The second-order valence-electron chi connectivity index (χ2n) is 3.87. The standard InChI is InChI=1S/C10H18O4/c1-4-7(8(11)12)6-10(3,5-2)9(13)14/h7H,4-6H2,1-3H3,(H,11,12)(H,13,14). The van der Waals surface area contributed by atoms with Gasteiger partial charge in [0.2, 0.25) is 0 Å². The summed E-state index contributed by atoms with van der Waals surface area (Å²) in [5, 5.41) is 17.8. The SMILES string of the molecule is CCC(CC(C)(CC)C(=O)O)C(=O)O. The van der Waals surface area contributed by atoms with Crippen LogP contribution in [0.2, 0.25) is 0 Å². The Hall–Kier alpha value is -1.06. The van der Waals surface area contributed by atoms with Crippen LogP contribution in [0.4, 0.5) is 0 Å². The van der Waals surface area contributed by atoms with E-state index in [0.29, 0.717) is 12.8 Å². The second-order valence-corrected chi connectivity index (χ2v) is 3.87. The van der Waals surface area contributed by atoms with Crippen LogP contribution in [0.15, 0.2) is 0 Å². The smallest absolute Gasteiger partial charge is 0.309 e. The highest BCUT2D eigenvalue weighted by Crippen LogP contribution is 2.31. The lowest BCUT2D eigenvalue weighted by Gasteiger charge is -2.25. The maximum Gasteiger partial charge on any atom is 0.309 e. The third kappa shape index (κ3) is 3.01. The molecule has 2 N–H and O–H groups in total. The fraction of sp³-hybridized carbons (Fsp3) is 0.800. The molecule has 0 radical (unpaired) electrons. The quantitative estimate of drug-likeness (QED) is 0.690. The van der Waals surface area contributed by atoms with Crippen LogP contribution in [-0.4, -0.2) is 22.2 Å². The van der Waals surface area contributed by atoms with E-state index >= 15 is 0 Å². The average molecular weight is 202 g/mol. The molecule has 82 valence electrons. The van der Waals surface area contributed by atoms with Gasteiger partial charge in [-0.3, -0.25) is 9.59 Å². The van der Waals surface area contributed by atoms with Gasteiger partial charge in [-0.05, 0) is 26.2 Å². The van der Waals surface area contributed by atoms with Crippen molar-refractivity contribution >= 4 is 11.9 Å². The fourth-order valence-corrected chi connectivity index (χ4v) is 1.33. The molecule has 0 bridgehead atoms. The summed E-state index contributed by atoms with van der Waals surface area (Å²) >= 11 is 0. The highest BCUT2D eigenvalue weighted by molar-refractivity contribution is 5.76. The van der Waals surface area contributed by atoms with Crippen LogP contribution < -0.4 is 0 Å². The van der Waals surface area contributed by atoms with Gasteiger partial charge in [-0.15, -0.1) is 0 Å². The summed E-state index contributed by atoms with van der Waals surface area (Å²) in [6.45, 7) is 5.13. The summed E-state index contributed by atoms with van der Waals surface area (Å²) < 4.78 is 0. The molecule has 0 amide bonds. The van der Waals surface area contributed by atoms with Gasteiger partial charge in [0.25, 0.3) is 0 Å². The molecule has 4 nitrogen and oxygen atoms in total. The molecule has 2 atom stereocenters. The predicted molar refractivity (Wildman–Crippen MR) is 52.1 cm³/mol. The zero-order valence-corrected chi connectivity index (χ0v) is 8.91. The van der Waals surface area contributed by atoms with E-state index in [2.05, 4.69) is 0 Å². The number of hydrogen-bond donors (Lipinski definition) is 2. The van der Waals surface area contributed by atoms with Gasteiger partial charge in [-0.2, -0.15) is 0 Å². The van der Waals surface area contributed by atoms with Gasteiger partial charge in [-0.1, -0.05) is 13.8 Å². The van der Waals surface area contributed by atoms with Crippen molar-refractivity contribution in [2.45, 2.75) is 40.0 Å². The van der Waals surface area contributed by atoms with Crippen LogP contribution in [0.3, 0.4) is 0 Å². The van der Waals surface area contributed by atoms with Crippen molar-refractivity contribution in [3.05, 3.63) is 0 Å². The Morgan fingerprint density at radius 1 is 1.29 bits per heavy atom. The predicted octanol–water partition coefficient (Wildman–Crippen LogP) is 1.99. The molecule has 0 spiro atoms. The van der Waals surface area contributed by atoms with Gasteiger partial charge in [0, 0.05) is 0 Å². The minimum atomic E-state index is -0.918. The third-order valence-electron chi connectivity index (χ3n) is 2.84. The van der Waals surface area contributed by atoms with Crippen molar-refractivity contribution in [1.82, 2.24) is 0 Å². The minimum Gasteiger partial charge on any atom is -0.481 e. The first-order valence-electron chi connectivity index (χ1n) is 4.83. The molecule has 0 aliphatic carbocycles. The first-order chi connectivity index (χ1) is 6.37. The van der Waals surface area contributed by atoms with Gasteiger partial charge in [-0.25, -0.2) is 0 Å². The maximum atomic E-state index is 10.9. The summed E-state index contributed by atoms with van der Waals surface area (Å²) in [4.78, 5) is 21.7. The Bertz CT molecular complexity index is 224. The van der Waals surface area contributed by atoms with E-state index in [9.17, 15) is 9.59 Å². The highest BCUT2D eigenvalue weighted by Gasteiger charge is 2.35. The second kappa shape index (κ2) is 4.98. The van der Waals surface area contributed by atoms with E-state index in [-0.39, 0.29) is 6.42 Å². The molecule has 0 aliphatic heterocycles. The van der Waals surface area contributed by atoms with E-state index in [0.717, 1.165) is 0 Å².